The molecule has 0 unspecified atom stereocenters. The summed E-state index contributed by atoms with van der Waals surface area (Å²) < 4.78 is 4.90. The fraction of sp³-hybridized carbons (Fsp3) is 0.667. The van der Waals surface area contributed by atoms with Gasteiger partial charge in [0.2, 0.25) is 0 Å². The van der Waals surface area contributed by atoms with Crippen molar-refractivity contribution in [2.24, 2.45) is 0 Å². The lowest BCUT2D eigenvalue weighted by Crippen LogP contribution is -2.01. The van der Waals surface area contributed by atoms with Crippen molar-refractivity contribution in [3.8, 4) is 0 Å². The Bertz CT molecular complexity index is 219. The van der Waals surface area contributed by atoms with Gasteiger partial charge in [-0.05, 0) is 25.7 Å². The van der Waals surface area contributed by atoms with Crippen molar-refractivity contribution in [3.05, 3.63) is 24.8 Å². The molecule has 0 aromatic heterocycles. The van der Waals surface area contributed by atoms with Gasteiger partial charge in [-0.15, -0.1) is 0 Å². The molecule has 0 spiro atoms. The summed E-state index contributed by atoms with van der Waals surface area (Å²) in [5.74, 6) is -0.314. The number of rotatable bonds is 11. The van der Waals surface area contributed by atoms with Gasteiger partial charge in [-0.3, -0.25) is 0 Å². The number of carbonyl (C=O) groups excluding carboxylic acids is 1. The Morgan fingerprint density at radius 1 is 1.06 bits per heavy atom. The van der Waals surface area contributed by atoms with Gasteiger partial charge >= 0.3 is 5.97 Å². The summed E-state index contributed by atoms with van der Waals surface area (Å²) >= 11 is 0. The maximum Gasteiger partial charge on any atom is 0.330 e. The molecule has 0 saturated carbocycles. The molecule has 0 atom stereocenters. The summed E-state index contributed by atoms with van der Waals surface area (Å²) in [6.45, 7) is 6.08. The van der Waals surface area contributed by atoms with Gasteiger partial charge in [0.05, 0.1) is 6.61 Å². The molecule has 0 aromatic rings. The summed E-state index contributed by atoms with van der Waals surface area (Å²) in [6, 6.07) is 0. The summed E-state index contributed by atoms with van der Waals surface area (Å²) in [7, 11) is 0. The molecular weight excluding hydrogens is 212 g/mol. The number of unbranched alkanes of at least 4 members (excludes halogenated alkanes) is 6. The maximum absolute atomic E-state index is 10.7. The number of hydrogen-bond acceptors (Lipinski definition) is 2. The van der Waals surface area contributed by atoms with E-state index >= 15 is 0 Å². The van der Waals surface area contributed by atoms with Crippen LogP contribution in [0.2, 0.25) is 0 Å². The zero-order chi connectivity index (χ0) is 12.8. The number of allylic oxidation sites excluding steroid dienone is 2. The first-order chi connectivity index (χ1) is 8.31. The highest BCUT2D eigenvalue weighted by atomic mass is 16.5. The average molecular weight is 238 g/mol. The molecule has 2 heteroatoms. The summed E-state index contributed by atoms with van der Waals surface area (Å²) in [5, 5.41) is 0. The van der Waals surface area contributed by atoms with E-state index in [1.807, 2.05) is 0 Å². The molecule has 0 aliphatic rings. The van der Waals surface area contributed by atoms with Crippen molar-refractivity contribution >= 4 is 5.97 Å². The topological polar surface area (TPSA) is 26.3 Å². The second-order valence-corrected chi connectivity index (χ2v) is 4.19. The van der Waals surface area contributed by atoms with Crippen LogP contribution in [-0.4, -0.2) is 12.6 Å². The normalized spacial score (nSPS) is 10.6. The minimum Gasteiger partial charge on any atom is -0.463 e. The third-order valence-corrected chi connectivity index (χ3v) is 2.55. The zero-order valence-electron chi connectivity index (χ0n) is 11.1. The van der Waals surface area contributed by atoms with Gasteiger partial charge in [0, 0.05) is 6.08 Å². The number of ether oxygens (including phenoxy) is 1. The Morgan fingerprint density at radius 2 is 1.71 bits per heavy atom. The molecule has 0 aliphatic carbocycles. The Kier molecular flexibility index (Phi) is 12.2. The van der Waals surface area contributed by atoms with E-state index in [1.165, 1.54) is 44.6 Å². The highest BCUT2D eigenvalue weighted by molar-refractivity contribution is 5.81. The van der Waals surface area contributed by atoms with Crippen LogP contribution in [0.3, 0.4) is 0 Å². The van der Waals surface area contributed by atoms with Crippen LogP contribution in [0.15, 0.2) is 24.8 Å². The molecule has 98 valence electrons. The third-order valence-electron chi connectivity index (χ3n) is 2.55. The molecule has 0 N–H and O–H groups in total. The van der Waals surface area contributed by atoms with Crippen molar-refractivity contribution in [2.45, 2.75) is 58.3 Å². The second kappa shape index (κ2) is 13.0. The predicted octanol–water partition coefficient (Wildman–Crippen LogP) is 4.41. The van der Waals surface area contributed by atoms with E-state index < -0.39 is 0 Å². The quantitative estimate of drug-likeness (QED) is 0.231. The SMILES string of the molecule is C=CC(=O)OCCCCCCC/C=C\CCC. The smallest absolute Gasteiger partial charge is 0.330 e. The standard InChI is InChI=1S/C15H26O2/c1-3-5-6-7-8-9-10-11-12-13-14-17-15(16)4-2/h4,6-7H,2-3,5,8-14H2,1H3/b7-6-. The highest BCUT2D eigenvalue weighted by Crippen LogP contribution is 2.06. The summed E-state index contributed by atoms with van der Waals surface area (Å²) in [6.07, 6.45) is 15.3. The first-order valence-electron chi connectivity index (χ1n) is 6.75. The molecule has 0 aliphatic heterocycles. The van der Waals surface area contributed by atoms with Crippen LogP contribution in [0.1, 0.15) is 58.3 Å². The van der Waals surface area contributed by atoms with Crippen molar-refractivity contribution in [1.29, 1.82) is 0 Å². The number of carbonyl (C=O) groups is 1. The predicted molar refractivity (Wildman–Crippen MR) is 72.9 cm³/mol. The first-order valence-corrected chi connectivity index (χ1v) is 6.75. The molecule has 0 radical (unpaired) electrons. The van der Waals surface area contributed by atoms with Crippen LogP contribution < -0.4 is 0 Å². The second-order valence-electron chi connectivity index (χ2n) is 4.19. The van der Waals surface area contributed by atoms with Gasteiger partial charge in [0.25, 0.3) is 0 Å². The summed E-state index contributed by atoms with van der Waals surface area (Å²) in [5.41, 5.74) is 0. The van der Waals surface area contributed by atoms with E-state index in [2.05, 4.69) is 25.7 Å². The molecular formula is C15H26O2. The van der Waals surface area contributed by atoms with E-state index in [0.29, 0.717) is 6.61 Å². The van der Waals surface area contributed by atoms with E-state index in [9.17, 15) is 4.79 Å². The molecule has 0 saturated heterocycles. The molecule has 0 fully saturated rings. The van der Waals surface area contributed by atoms with Crippen molar-refractivity contribution in [3.63, 3.8) is 0 Å². The number of esters is 1. The van der Waals surface area contributed by atoms with Crippen molar-refractivity contribution in [1.82, 2.24) is 0 Å². The fourth-order valence-electron chi connectivity index (χ4n) is 1.53. The van der Waals surface area contributed by atoms with E-state index in [4.69, 9.17) is 4.74 Å². The molecule has 0 heterocycles. The van der Waals surface area contributed by atoms with Crippen LogP contribution in [0.5, 0.6) is 0 Å². The lowest BCUT2D eigenvalue weighted by atomic mass is 10.1. The lowest BCUT2D eigenvalue weighted by Gasteiger charge is -2.01. The largest absolute Gasteiger partial charge is 0.463 e. The van der Waals surface area contributed by atoms with Crippen LogP contribution in [-0.2, 0) is 9.53 Å². The molecule has 17 heavy (non-hydrogen) atoms. The third kappa shape index (κ3) is 12.9. The average Bonchev–Trinajstić information content (AvgIpc) is 2.35. The Hall–Kier alpha value is -1.05. The van der Waals surface area contributed by atoms with E-state index in [1.54, 1.807) is 0 Å². The van der Waals surface area contributed by atoms with Crippen LogP contribution in [0.25, 0.3) is 0 Å². The summed E-state index contributed by atoms with van der Waals surface area (Å²) in [4.78, 5) is 10.7. The van der Waals surface area contributed by atoms with Gasteiger partial charge in [0.15, 0.2) is 0 Å². The van der Waals surface area contributed by atoms with Crippen molar-refractivity contribution in [2.75, 3.05) is 6.61 Å². The monoisotopic (exact) mass is 238 g/mol. The Morgan fingerprint density at radius 3 is 2.41 bits per heavy atom. The maximum atomic E-state index is 10.7. The molecule has 0 bridgehead atoms. The van der Waals surface area contributed by atoms with Crippen LogP contribution >= 0.6 is 0 Å². The lowest BCUT2D eigenvalue weighted by molar-refractivity contribution is -0.137. The molecule has 2 nitrogen and oxygen atoms in total. The van der Waals surface area contributed by atoms with E-state index in [0.717, 1.165) is 12.8 Å². The minimum atomic E-state index is -0.314. The van der Waals surface area contributed by atoms with E-state index in [-0.39, 0.29) is 5.97 Å². The number of hydrogen-bond donors (Lipinski definition) is 0. The van der Waals surface area contributed by atoms with Gasteiger partial charge in [0.1, 0.15) is 0 Å². The first kappa shape index (κ1) is 16.0. The fourth-order valence-corrected chi connectivity index (χ4v) is 1.53. The molecule has 0 amide bonds. The highest BCUT2D eigenvalue weighted by Gasteiger charge is 1.94. The van der Waals surface area contributed by atoms with Gasteiger partial charge < -0.3 is 4.74 Å². The van der Waals surface area contributed by atoms with Gasteiger partial charge in [-0.1, -0.05) is 51.3 Å². The minimum absolute atomic E-state index is 0.314. The molecule has 0 aromatic carbocycles. The molecule has 0 rings (SSSR count). The van der Waals surface area contributed by atoms with Crippen LogP contribution in [0, 0.1) is 0 Å². The van der Waals surface area contributed by atoms with Gasteiger partial charge in [-0.25, -0.2) is 4.79 Å². The Labute approximate surface area is 106 Å². The zero-order valence-corrected chi connectivity index (χ0v) is 11.1. The van der Waals surface area contributed by atoms with Gasteiger partial charge in [-0.2, -0.15) is 0 Å². The van der Waals surface area contributed by atoms with Crippen molar-refractivity contribution < 1.29 is 9.53 Å². The Balaban J connectivity index is 3.08. The van der Waals surface area contributed by atoms with Crippen LogP contribution in [0.4, 0.5) is 0 Å².